The molecule has 8 aliphatic rings. The predicted molar refractivity (Wildman–Crippen MR) is 338 cm³/mol. The number of hydrogen-bond donors (Lipinski definition) is 0. The number of allylic oxidation sites excluding steroid dienone is 21. The van der Waals surface area contributed by atoms with Gasteiger partial charge in [-0.05, 0) is 155 Å². The molecule has 0 saturated carbocycles. The van der Waals surface area contributed by atoms with Crippen LogP contribution in [0.15, 0.2) is 289 Å². The Labute approximate surface area is 477 Å². The zero-order valence-electron chi connectivity index (χ0n) is 46.3. The number of ether oxygens (including phenoxy) is 1. The summed E-state index contributed by atoms with van der Waals surface area (Å²) >= 11 is 0. The van der Waals surface area contributed by atoms with Crippen LogP contribution in [0.3, 0.4) is 0 Å². The van der Waals surface area contributed by atoms with E-state index in [0.29, 0.717) is 23.7 Å². The van der Waals surface area contributed by atoms with Gasteiger partial charge in [-0.15, -0.1) is 6.58 Å². The predicted octanol–water partition coefficient (Wildman–Crippen LogP) is 18.7. The van der Waals surface area contributed by atoms with Gasteiger partial charge in [-0.1, -0.05) is 220 Å². The van der Waals surface area contributed by atoms with Crippen LogP contribution in [0.25, 0.3) is 11.6 Å². The molecule has 1 radical (unpaired) electrons. The minimum atomic E-state index is -0.738. The molecule has 7 atom stereocenters. The summed E-state index contributed by atoms with van der Waals surface area (Å²) in [5, 5.41) is 0. The Balaban J connectivity index is 0.848. The van der Waals surface area contributed by atoms with Crippen LogP contribution in [0.2, 0.25) is 12.6 Å². The number of hydrogen-bond acceptors (Lipinski definition) is 3. The van der Waals surface area contributed by atoms with Crippen LogP contribution in [-0.2, 0) is 10.2 Å². The van der Waals surface area contributed by atoms with E-state index in [1.54, 1.807) is 0 Å². The number of benzene rings is 5. The van der Waals surface area contributed by atoms with Crippen molar-refractivity contribution in [1.29, 1.82) is 0 Å². The maximum atomic E-state index is 6.45. The molecule has 0 bridgehead atoms. The summed E-state index contributed by atoms with van der Waals surface area (Å²) in [7, 11) is -0.738. The Morgan fingerprint density at radius 2 is 1.44 bits per heavy atom. The highest BCUT2D eigenvalue weighted by atomic mass is 28.3. The molecule has 0 spiro atoms. The average Bonchev–Trinajstić information content (AvgIpc) is 4.10. The van der Waals surface area contributed by atoms with E-state index < -0.39 is 8.80 Å². The summed E-state index contributed by atoms with van der Waals surface area (Å²) in [6.45, 7) is 10.5. The van der Waals surface area contributed by atoms with Gasteiger partial charge in [0.25, 0.3) is 0 Å². The topological polar surface area (TPSA) is 15.7 Å². The molecule has 0 amide bonds. The van der Waals surface area contributed by atoms with Crippen LogP contribution in [0, 0.1) is 17.8 Å². The first-order valence-corrected chi connectivity index (χ1v) is 31.9. The van der Waals surface area contributed by atoms with Gasteiger partial charge in [0, 0.05) is 57.6 Å². The highest BCUT2D eigenvalue weighted by molar-refractivity contribution is 6.57. The third-order valence-corrected chi connectivity index (χ3v) is 20.4. The summed E-state index contributed by atoms with van der Waals surface area (Å²) in [5.74, 6) is 2.67. The highest BCUT2D eigenvalue weighted by Crippen LogP contribution is 2.60. The molecule has 1 saturated heterocycles. The molecule has 80 heavy (non-hydrogen) atoms. The third kappa shape index (κ3) is 9.87. The minimum Gasteiger partial charge on any atom is -0.498 e. The van der Waals surface area contributed by atoms with E-state index in [2.05, 4.69) is 260 Å². The van der Waals surface area contributed by atoms with Gasteiger partial charge in [0.2, 0.25) is 0 Å². The van der Waals surface area contributed by atoms with Crippen LogP contribution >= 0.6 is 0 Å². The van der Waals surface area contributed by atoms with Crippen molar-refractivity contribution in [2.24, 2.45) is 17.8 Å². The van der Waals surface area contributed by atoms with Crippen molar-refractivity contribution in [3.8, 4) is 0 Å². The third-order valence-electron chi connectivity index (χ3n) is 18.5. The Kier molecular flexibility index (Phi) is 14.6. The molecule has 3 nitrogen and oxygen atoms in total. The second-order valence-electron chi connectivity index (χ2n) is 23.2. The van der Waals surface area contributed by atoms with Crippen molar-refractivity contribution in [3.63, 3.8) is 0 Å². The van der Waals surface area contributed by atoms with Crippen molar-refractivity contribution in [2.45, 2.75) is 87.3 Å². The molecular formula is C76H73N2OSi. The largest absolute Gasteiger partial charge is 0.498 e. The van der Waals surface area contributed by atoms with Gasteiger partial charge >= 0.3 is 0 Å². The molecule has 1 heterocycles. The van der Waals surface area contributed by atoms with Gasteiger partial charge in [0.1, 0.15) is 5.76 Å². The lowest BCUT2D eigenvalue weighted by molar-refractivity contribution is 0.273. The smallest absolute Gasteiger partial charge is 0.114 e. The molecule has 5 aromatic carbocycles. The van der Waals surface area contributed by atoms with Crippen LogP contribution < -0.4 is 9.80 Å². The zero-order chi connectivity index (χ0) is 54.0. The van der Waals surface area contributed by atoms with E-state index in [9.17, 15) is 0 Å². The van der Waals surface area contributed by atoms with Gasteiger partial charge in [-0.2, -0.15) is 0 Å². The molecule has 1 aliphatic heterocycles. The lowest BCUT2D eigenvalue weighted by Gasteiger charge is -2.39. The normalized spacial score (nSPS) is 25.1. The maximum Gasteiger partial charge on any atom is 0.114 e. The molecule has 397 valence electrons. The van der Waals surface area contributed by atoms with Gasteiger partial charge in [-0.3, -0.25) is 0 Å². The van der Waals surface area contributed by atoms with E-state index in [-0.39, 0.29) is 17.4 Å². The monoisotopic (exact) mass is 1060 g/mol. The Hall–Kier alpha value is -7.92. The molecule has 1 fully saturated rings. The van der Waals surface area contributed by atoms with E-state index in [1.807, 2.05) is 12.2 Å². The first kappa shape index (κ1) is 51.5. The Morgan fingerprint density at radius 1 is 0.700 bits per heavy atom. The van der Waals surface area contributed by atoms with Gasteiger partial charge in [0.15, 0.2) is 0 Å². The van der Waals surface area contributed by atoms with Crippen molar-refractivity contribution in [2.75, 3.05) is 16.0 Å². The van der Waals surface area contributed by atoms with Crippen molar-refractivity contribution < 1.29 is 4.74 Å². The molecule has 5 aromatic rings. The maximum absolute atomic E-state index is 6.45. The van der Waals surface area contributed by atoms with E-state index in [0.717, 1.165) is 68.9 Å². The quantitative estimate of drug-likeness (QED) is 0.0682. The minimum absolute atomic E-state index is 0.177. The summed E-state index contributed by atoms with van der Waals surface area (Å²) in [5.41, 5.74) is 20.3. The lowest BCUT2D eigenvalue weighted by atomic mass is 9.64. The fraction of sp³-hybridized carbons (Fsp3) is 0.237. The summed E-state index contributed by atoms with van der Waals surface area (Å²) in [6.07, 6.45) is 51.4. The van der Waals surface area contributed by atoms with E-state index >= 15 is 0 Å². The van der Waals surface area contributed by atoms with E-state index in [4.69, 9.17) is 4.74 Å². The van der Waals surface area contributed by atoms with Crippen molar-refractivity contribution >= 4 is 31.8 Å². The van der Waals surface area contributed by atoms with Crippen molar-refractivity contribution in [3.05, 3.63) is 323 Å². The first-order valence-electron chi connectivity index (χ1n) is 29.5. The fourth-order valence-corrected chi connectivity index (χ4v) is 15.7. The Morgan fingerprint density at radius 3 is 2.15 bits per heavy atom. The number of rotatable bonds is 17. The summed E-state index contributed by atoms with van der Waals surface area (Å²) < 4.78 is 6.45. The molecular weight excluding hydrogens is 985 g/mol. The second kappa shape index (κ2) is 22.7. The molecule has 13 rings (SSSR count). The van der Waals surface area contributed by atoms with Gasteiger partial charge in [-0.25, -0.2) is 0 Å². The summed E-state index contributed by atoms with van der Waals surface area (Å²) in [6, 6.07) is 51.5. The Bertz CT molecular complexity index is 3560. The lowest BCUT2D eigenvalue weighted by Crippen LogP contribution is -2.34. The zero-order valence-corrected chi connectivity index (χ0v) is 47.3. The number of fused-ring (bicyclic) bond motifs is 6. The average molecular weight is 1060 g/mol. The second-order valence-corrected chi connectivity index (χ2v) is 25.9. The van der Waals surface area contributed by atoms with Crippen LogP contribution in [0.1, 0.15) is 96.6 Å². The number of para-hydroxylation sites is 1. The van der Waals surface area contributed by atoms with E-state index in [1.165, 1.54) is 84.6 Å². The molecule has 0 aromatic heterocycles. The first-order chi connectivity index (χ1) is 39.4. The van der Waals surface area contributed by atoms with Crippen molar-refractivity contribution in [1.82, 2.24) is 0 Å². The molecule has 4 heteroatoms. The fourth-order valence-electron chi connectivity index (χ4n) is 14.4. The highest BCUT2D eigenvalue weighted by Gasteiger charge is 2.52. The van der Waals surface area contributed by atoms with Crippen LogP contribution in [0.4, 0.5) is 11.4 Å². The molecule has 0 N–H and O–H groups in total. The summed E-state index contributed by atoms with van der Waals surface area (Å²) in [4.78, 5) is 5.25. The van der Waals surface area contributed by atoms with Gasteiger partial charge in [0.05, 0.1) is 21.1 Å². The van der Waals surface area contributed by atoms with Gasteiger partial charge < -0.3 is 14.5 Å². The molecule has 6 unspecified atom stereocenters. The number of anilines is 2. The van der Waals surface area contributed by atoms with Crippen LogP contribution in [-0.4, -0.2) is 21.1 Å². The number of nitrogens with zero attached hydrogens (tertiary/aromatic N) is 2. The molecule has 7 aliphatic carbocycles. The SMILES string of the molecule is C=Cc1ccc(C2C=C3C(=CC2)N(c2ccccc2)[C@H]2C=CC(C4=CC=C(N(C5=CC=C(c6ccccc6)CC5)c5ccc6c(c5)C(CCC[Si](C)COC5=CCC(C=C)C=C5)(c5ccccc5)C5C=CC=CC65)CC4)=CC32)cc1. The standard InChI is InChI=1S/C76H73N2OSi/c1-4-54-26-30-58(31-27-54)60-36-46-74-70(50-60)71-51-61(37-47-75(71)78(74)63-22-13-8-14-23-63)59-34-40-65(41-35-59)77(64-38-32-57(33-39-64)56-18-9-6-10-19-56)66-42-45-69-68-24-15-16-25-72(68)76(73(69)52-66,62-20-11-7-12-21-62)48-17-49-80(3)53-79-67-43-28-55(5-2)29-44-67/h4-16,18-28,30-32,34,37-38,40,42-47,50-52,55,60,68,71-72,75H,1-2,17,29,33,35-36,39,41,48-49,53H2,3H3/t55?,60?,68?,71?,72?,75-,76?/m0/s1. The van der Waals surface area contributed by atoms with Crippen LogP contribution in [0.5, 0.6) is 0 Å².